The van der Waals surface area contributed by atoms with Crippen molar-refractivity contribution in [2.24, 2.45) is 0 Å². The van der Waals surface area contributed by atoms with E-state index >= 15 is 0 Å². The van der Waals surface area contributed by atoms with Crippen LogP contribution in [0.2, 0.25) is 5.02 Å². The summed E-state index contributed by atoms with van der Waals surface area (Å²) in [5, 5.41) is 11.1. The smallest absolute Gasteiger partial charge is 0.261 e. The zero-order valence-corrected chi connectivity index (χ0v) is 12.6. The summed E-state index contributed by atoms with van der Waals surface area (Å²) in [6.45, 7) is 0. The minimum Gasteiger partial charge on any atom is -0.495 e. The zero-order chi connectivity index (χ0) is 17.0. The molecule has 7 heteroatoms. The van der Waals surface area contributed by atoms with E-state index in [9.17, 15) is 14.0 Å². The quantitative estimate of drug-likeness (QED) is 0.876. The lowest BCUT2D eigenvalue weighted by molar-refractivity contribution is 0.0847. The predicted octanol–water partition coefficient (Wildman–Crippen LogP) is 2.93. The van der Waals surface area contributed by atoms with Crippen LogP contribution in [0.3, 0.4) is 0 Å². The minimum atomic E-state index is -0.946. The number of carbonyl (C=O) groups excluding carboxylic acids is 2. The van der Waals surface area contributed by atoms with Gasteiger partial charge in [-0.05, 0) is 36.4 Å². The number of methoxy groups -OCH3 is 1. The van der Waals surface area contributed by atoms with E-state index in [-0.39, 0.29) is 16.9 Å². The second kappa shape index (κ2) is 6.90. The minimum absolute atomic E-state index is 0.108. The molecule has 0 atom stereocenters. The summed E-state index contributed by atoms with van der Waals surface area (Å²) in [6.07, 6.45) is 0. The van der Waals surface area contributed by atoms with Crippen molar-refractivity contribution in [3.63, 3.8) is 0 Å². The van der Waals surface area contributed by atoms with E-state index in [0.717, 1.165) is 12.1 Å². The number of rotatable bonds is 3. The molecule has 1 N–H and O–H groups in total. The molecule has 0 fully saturated rings. The standard InChI is InChI=1S/C16H10ClFN2O3/c1-23-14-7-10(3-4-12(14)17)15(21)20-16(22)11-6-9(8-19)2-5-13(11)18/h2-7H,1H3,(H,20,21,22). The largest absolute Gasteiger partial charge is 0.495 e. The van der Waals surface area contributed by atoms with E-state index in [4.69, 9.17) is 21.6 Å². The molecule has 0 unspecified atom stereocenters. The number of amides is 2. The molecule has 0 heterocycles. The summed E-state index contributed by atoms with van der Waals surface area (Å²) in [5.41, 5.74) is -0.160. The van der Waals surface area contributed by atoms with Crippen molar-refractivity contribution in [3.05, 3.63) is 63.9 Å². The van der Waals surface area contributed by atoms with E-state index < -0.39 is 23.2 Å². The molecule has 0 bridgehead atoms. The number of nitrogens with zero attached hydrogens (tertiary/aromatic N) is 1. The van der Waals surface area contributed by atoms with Crippen LogP contribution < -0.4 is 10.1 Å². The van der Waals surface area contributed by atoms with Crippen LogP contribution >= 0.6 is 11.6 Å². The fourth-order valence-electron chi connectivity index (χ4n) is 1.81. The van der Waals surface area contributed by atoms with Gasteiger partial charge >= 0.3 is 0 Å². The third kappa shape index (κ3) is 3.65. The number of nitriles is 1. The Hall–Kier alpha value is -2.91. The molecule has 0 aromatic heterocycles. The molecule has 0 saturated heterocycles. The highest BCUT2D eigenvalue weighted by atomic mass is 35.5. The van der Waals surface area contributed by atoms with E-state index in [1.807, 2.05) is 5.32 Å². The highest BCUT2D eigenvalue weighted by Crippen LogP contribution is 2.25. The van der Waals surface area contributed by atoms with Crippen LogP contribution in [-0.2, 0) is 0 Å². The van der Waals surface area contributed by atoms with Crippen molar-refractivity contribution in [2.45, 2.75) is 0 Å². The molecule has 5 nitrogen and oxygen atoms in total. The molecule has 0 spiro atoms. The fourth-order valence-corrected chi connectivity index (χ4v) is 2.01. The first-order valence-corrected chi connectivity index (χ1v) is 6.73. The summed E-state index contributed by atoms with van der Waals surface area (Å²) in [6, 6.07) is 9.28. The number of halogens is 2. The molecule has 116 valence electrons. The molecule has 2 rings (SSSR count). The molecule has 2 aromatic carbocycles. The number of carbonyl (C=O) groups is 2. The van der Waals surface area contributed by atoms with Crippen molar-refractivity contribution in [2.75, 3.05) is 7.11 Å². The normalized spacial score (nSPS) is 9.83. The van der Waals surface area contributed by atoms with Crippen molar-refractivity contribution >= 4 is 23.4 Å². The molecular formula is C16H10ClFN2O3. The van der Waals surface area contributed by atoms with Gasteiger partial charge in [0, 0.05) is 5.56 Å². The molecule has 0 aliphatic carbocycles. The molecule has 2 amide bonds. The lowest BCUT2D eigenvalue weighted by Gasteiger charge is -2.08. The van der Waals surface area contributed by atoms with E-state index in [0.29, 0.717) is 5.02 Å². The van der Waals surface area contributed by atoms with E-state index in [1.165, 1.54) is 31.4 Å². The van der Waals surface area contributed by atoms with Crippen molar-refractivity contribution in [3.8, 4) is 11.8 Å². The Balaban J connectivity index is 2.24. The maximum absolute atomic E-state index is 13.7. The third-order valence-electron chi connectivity index (χ3n) is 2.98. The molecule has 23 heavy (non-hydrogen) atoms. The lowest BCUT2D eigenvalue weighted by atomic mass is 10.1. The molecule has 0 radical (unpaired) electrons. The molecule has 0 aliphatic rings. The number of nitrogens with one attached hydrogen (secondary N) is 1. The Morgan fingerprint density at radius 1 is 1.22 bits per heavy atom. The monoisotopic (exact) mass is 332 g/mol. The van der Waals surface area contributed by atoms with Gasteiger partial charge in [-0.25, -0.2) is 4.39 Å². The van der Waals surface area contributed by atoms with E-state index in [2.05, 4.69) is 0 Å². The second-order valence-corrected chi connectivity index (χ2v) is 4.85. The number of ether oxygens (including phenoxy) is 1. The van der Waals surface area contributed by atoms with E-state index in [1.54, 1.807) is 6.07 Å². The predicted molar refractivity (Wildman–Crippen MR) is 80.9 cm³/mol. The topological polar surface area (TPSA) is 79.2 Å². The van der Waals surface area contributed by atoms with Gasteiger partial charge < -0.3 is 4.74 Å². The van der Waals surface area contributed by atoms with Gasteiger partial charge in [0.2, 0.25) is 0 Å². The van der Waals surface area contributed by atoms with Crippen LogP contribution in [0.4, 0.5) is 4.39 Å². The number of benzene rings is 2. The second-order valence-electron chi connectivity index (χ2n) is 4.44. The van der Waals surface area contributed by atoms with Gasteiger partial charge in [0.15, 0.2) is 0 Å². The highest BCUT2D eigenvalue weighted by molar-refractivity contribution is 6.32. The van der Waals surface area contributed by atoms with Crippen LogP contribution in [0.25, 0.3) is 0 Å². The number of hydrogen-bond acceptors (Lipinski definition) is 4. The van der Waals surface area contributed by atoms with Gasteiger partial charge in [0.25, 0.3) is 11.8 Å². The highest BCUT2D eigenvalue weighted by Gasteiger charge is 2.17. The van der Waals surface area contributed by atoms with Gasteiger partial charge in [0.05, 0.1) is 29.3 Å². The van der Waals surface area contributed by atoms with Crippen LogP contribution in [0.15, 0.2) is 36.4 Å². The lowest BCUT2D eigenvalue weighted by Crippen LogP contribution is -2.31. The van der Waals surface area contributed by atoms with Gasteiger partial charge in [-0.1, -0.05) is 11.6 Å². The first-order chi connectivity index (χ1) is 11.0. The maximum atomic E-state index is 13.7. The molecular weight excluding hydrogens is 323 g/mol. The summed E-state index contributed by atoms with van der Waals surface area (Å²) in [7, 11) is 1.39. The van der Waals surface area contributed by atoms with Crippen LogP contribution in [-0.4, -0.2) is 18.9 Å². The maximum Gasteiger partial charge on any atom is 0.261 e. The van der Waals surface area contributed by atoms with Gasteiger partial charge in [-0.3, -0.25) is 14.9 Å². The summed E-state index contributed by atoms with van der Waals surface area (Å²) < 4.78 is 18.6. The summed E-state index contributed by atoms with van der Waals surface area (Å²) >= 11 is 5.85. The molecule has 0 saturated carbocycles. The average Bonchev–Trinajstić information content (AvgIpc) is 2.55. The SMILES string of the molecule is COc1cc(C(=O)NC(=O)c2cc(C#N)ccc2F)ccc1Cl. The average molecular weight is 333 g/mol. The van der Waals surface area contributed by atoms with Gasteiger partial charge in [0.1, 0.15) is 11.6 Å². The Kier molecular flexibility index (Phi) is 4.94. The Morgan fingerprint density at radius 3 is 2.61 bits per heavy atom. The van der Waals surface area contributed by atoms with Crippen molar-refractivity contribution < 1.29 is 18.7 Å². The fraction of sp³-hybridized carbons (Fsp3) is 0.0625. The van der Waals surface area contributed by atoms with Crippen molar-refractivity contribution in [1.82, 2.24) is 5.32 Å². The molecule has 0 aliphatic heterocycles. The van der Waals surface area contributed by atoms with Crippen LogP contribution in [0.1, 0.15) is 26.3 Å². The van der Waals surface area contributed by atoms with Gasteiger partial charge in [-0.2, -0.15) is 5.26 Å². The molecule has 2 aromatic rings. The third-order valence-corrected chi connectivity index (χ3v) is 3.29. The summed E-state index contributed by atoms with van der Waals surface area (Å²) in [4.78, 5) is 24.1. The first-order valence-electron chi connectivity index (χ1n) is 6.35. The summed E-state index contributed by atoms with van der Waals surface area (Å²) in [5.74, 6) is -2.25. The van der Waals surface area contributed by atoms with Crippen LogP contribution in [0.5, 0.6) is 5.75 Å². The van der Waals surface area contributed by atoms with Gasteiger partial charge in [-0.15, -0.1) is 0 Å². The Morgan fingerprint density at radius 2 is 1.96 bits per heavy atom. The van der Waals surface area contributed by atoms with Crippen LogP contribution in [0, 0.1) is 17.1 Å². The number of hydrogen-bond donors (Lipinski definition) is 1. The zero-order valence-electron chi connectivity index (χ0n) is 11.9. The first kappa shape index (κ1) is 16.5. The number of imide groups is 1. The Bertz CT molecular complexity index is 831. The van der Waals surface area contributed by atoms with Crippen molar-refractivity contribution in [1.29, 1.82) is 5.26 Å². The Labute approximate surface area is 136 Å².